The van der Waals surface area contributed by atoms with Crippen molar-refractivity contribution in [3.05, 3.63) is 23.3 Å². The number of rotatable bonds is 4. The molecule has 5 heteroatoms. The van der Waals surface area contributed by atoms with Gasteiger partial charge in [0, 0.05) is 12.2 Å². The van der Waals surface area contributed by atoms with Crippen LogP contribution in [0.3, 0.4) is 0 Å². The first-order valence-electron chi connectivity index (χ1n) is 6.81. The summed E-state index contributed by atoms with van der Waals surface area (Å²) in [6, 6.07) is 3.18. The summed E-state index contributed by atoms with van der Waals surface area (Å²) in [7, 11) is -3.51. The molecular weight excluding hydrogens is 272 g/mol. The highest BCUT2D eigenvalue weighted by molar-refractivity contribution is 7.89. The molecule has 0 fully saturated rings. The van der Waals surface area contributed by atoms with Crippen molar-refractivity contribution in [2.75, 3.05) is 12.3 Å². The molecule has 0 bridgehead atoms. The minimum Gasteiger partial charge on any atom is -0.398 e. The third-order valence-corrected chi connectivity index (χ3v) is 5.45. The molecule has 20 heavy (non-hydrogen) atoms. The number of aryl methyl sites for hydroxylation is 1. The zero-order valence-electron chi connectivity index (χ0n) is 13.2. The first-order chi connectivity index (χ1) is 8.95. The lowest BCUT2D eigenvalue weighted by atomic mass is 9.82. The summed E-state index contributed by atoms with van der Waals surface area (Å²) in [5, 5.41) is 0. The Hall–Kier alpha value is -1.07. The molecule has 4 nitrogen and oxygen atoms in total. The van der Waals surface area contributed by atoms with Crippen LogP contribution in [0.5, 0.6) is 0 Å². The van der Waals surface area contributed by atoms with Crippen molar-refractivity contribution in [2.45, 2.75) is 46.4 Å². The van der Waals surface area contributed by atoms with Gasteiger partial charge in [0.1, 0.15) is 0 Å². The maximum absolute atomic E-state index is 12.3. The molecular formula is C15H26N2O2S. The molecule has 3 N–H and O–H groups in total. The van der Waals surface area contributed by atoms with Gasteiger partial charge in [0.05, 0.1) is 4.90 Å². The van der Waals surface area contributed by atoms with Crippen LogP contribution >= 0.6 is 0 Å². The third-order valence-electron chi connectivity index (χ3n) is 4.05. The summed E-state index contributed by atoms with van der Waals surface area (Å²) in [5.41, 5.74) is 8.23. The lowest BCUT2D eigenvalue weighted by molar-refractivity contribution is 0.263. The normalized spacial score (nSPS) is 14.3. The van der Waals surface area contributed by atoms with Gasteiger partial charge in [-0.15, -0.1) is 0 Å². The largest absolute Gasteiger partial charge is 0.398 e. The van der Waals surface area contributed by atoms with Crippen LogP contribution in [0.1, 0.15) is 38.8 Å². The van der Waals surface area contributed by atoms with E-state index in [-0.39, 0.29) is 16.2 Å². The molecule has 114 valence electrons. The predicted octanol–water partition coefficient (Wildman–Crippen LogP) is 2.85. The second-order valence-corrected chi connectivity index (χ2v) is 8.34. The van der Waals surface area contributed by atoms with Crippen molar-refractivity contribution < 1.29 is 8.42 Å². The molecule has 0 amide bonds. The molecule has 0 radical (unpaired) electrons. The zero-order valence-corrected chi connectivity index (χ0v) is 14.1. The number of sulfonamides is 1. The van der Waals surface area contributed by atoms with Crippen LogP contribution in [0.15, 0.2) is 17.0 Å². The maximum atomic E-state index is 12.3. The van der Waals surface area contributed by atoms with Crippen molar-refractivity contribution in [3.8, 4) is 0 Å². The number of hydrogen-bond donors (Lipinski definition) is 2. The molecule has 1 rings (SSSR count). The fourth-order valence-electron chi connectivity index (χ4n) is 1.63. The average Bonchev–Trinajstić information content (AvgIpc) is 2.31. The second-order valence-electron chi connectivity index (χ2n) is 6.57. The quantitative estimate of drug-likeness (QED) is 0.840. The number of nitrogen functional groups attached to an aromatic ring is 1. The highest BCUT2D eigenvalue weighted by atomic mass is 32.2. The Labute approximate surface area is 122 Å². The molecule has 1 aromatic rings. The number of nitrogens with one attached hydrogen (secondary N) is 1. The van der Waals surface area contributed by atoms with Gasteiger partial charge >= 0.3 is 0 Å². The molecule has 0 heterocycles. The van der Waals surface area contributed by atoms with Crippen molar-refractivity contribution in [1.29, 1.82) is 0 Å². The van der Waals surface area contributed by atoms with Crippen LogP contribution in [0.4, 0.5) is 5.69 Å². The van der Waals surface area contributed by atoms with Crippen molar-refractivity contribution in [3.63, 3.8) is 0 Å². The SMILES string of the molecule is Cc1cc(S(=O)(=O)NCC(C)C(C)(C)C)cc(N)c1C. The molecule has 0 aliphatic rings. The molecule has 1 atom stereocenters. The van der Waals surface area contributed by atoms with Gasteiger partial charge in [0.2, 0.25) is 10.0 Å². The minimum absolute atomic E-state index is 0.0603. The predicted molar refractivity (Wildman–Crippen MR) is 84.1 cm³/mol. The molecule has 1 unspecified atom stereocenters. The number of nitrogens with two attached hydrogens (primary N) is 1. The van der Waals surface area contributed by atoms with Gasteiger partial charge in [0.25, 0.3) is 0 Å². The molecule has 0 spiro atoms. The number of benzene rings is 1. The van der Waals surface area contributed by atoms with Crippen LogP contribution < -0.4 is 10.5 Å². The summed E-state index contributed by atoms with van der Waals surface area (Å²) in [4.78, 5) is 0.235. The van der Waals surface area contributed by atoms with Gasteiger partial charge in [-0.25, -0.2) is 13.1 Å². The van der Waals surface area contributed by atoms with Gasteiger partial charge in [-0.1, -0.05) is 27.7 Å². The molecule has 0 saturated heterocycles. The van der Waals surface area contributed by atoms with E-state index in [4.69, 9.17) is 5.73 Å². The van der Waals surface area contributed by atoms with Gasteiger partial charge in [0.15, 0.2) is 0 Å². The summed E-state index contributed by atoms with van der Waals surface area (Å²) in [6.07, 6.45) is 0. The van der Waals surface area contributed by atoms with E-state index in [9.17, 15) is 8.42 Å². The highest BCUT2D eigenvalue weighted by Crippen LogP contribution is 2.25. The van der Waals surface area contributed by atoms with Crippen LogP contribution in [-0.2, 0) is 10.0 Å². The highest BCUT2D eigenvalue weighted by Gasteiger charge is 2.23. The lowest BCUT2D eigenvalue weighted by Gasteiger charge is -2.27. The molecule has 0 aromatic heterocycles. The topological polar surface area (TPSA) is 72.2 Å². The standard InChI is InChI=1S/C15H26N2O2S/c1-10-7-13(8-14(16)12(10)3)20(18,19)17-9-11(2)15(4,5)6/h7-8,11,17H,9,16H2,1-6H3. The summed E-state index contributed by atoms with van der Waals surface area (Å²) in [5.74, 6) is 0.237. The van der Waals surface area contributed by atoms with Crippen LogP contribution in [0.2, 0.25) is 0 Å². The Kier molecular flexibility index (Phi) is 4.87. The van der Waals surface area contributed by atoms with E-state index in [0.717, 1.165) is 11.1 Å². The molecule has 0 aliphatic carbocycles. The van der Waals surface area contributed by atoms with Crippen LogP contribution in [-0.4, -0.2) is 15.0 Å². The number of anilines is 1. The van der Waals surface area contributed by atoms with E-state index in [1.807, 2.05) is 20.8 Å². The van der Waals surface area contributed by atoms with E-state index in [1.54, 1.807) is 6.07 Å². The monoisotopic (exact) mass is 298 g/mol. The Balaban J connectivity index is 2.96. The van der Waals surface area contributed by atoms with Crippen molar-refractivity contribution in [2.24, 2.45) is 11.3 Å². The minimum atomic E-state index is -3.51. The summed E-state index contributed by atoms with van der Waals surface area (Å²) < 4.78 is 27.3. The van der Waals surface area contributed by atoms with Gasteiger partial charge in [-0.3, -0.25) is 0 Å². The Morgan fingerprint density at radius 2 is 1.80 bits per heavy atom. The molecule has 0 aliphatic heterocycles. The van der Waals surface area contributed by atoms with E-state index < -0.39 is 10.0 Å². The zero-order chi connectivity index (χ0) is 15.7. The van der Waals surface area contributed by atoms with Crippen molar-refractivity contribution in [1.82, 2.24) is 4.72 Å². The van der Waals surface area contributed by atoms with E-state index >= 15 is 0 Å². The second kappa shape index (κ2) is 5.74. The average molecular weight is 298 g/mol. The smallest absolute Gasteiger partial charge is 0.240 e. The maximum Gasteiger partial charge on any atom is 0.240 e. The van der Waals surface area contributed by atoms with Crippen LogP contribution in [0.25, 0.3) is 0 Å². The third kappa shape index (κ3) is 3.96. The molecule has 0 saturated carbocycles. The van der Waals surface area contributed by atoms with Gasteiger partial charge < -0.3 is 5.73 Å². The van der Waals surface area contributed by atoms with E-state index in [1.165, 1.54) is 6.07 Å². The Morgan fingerprint density at radius 3 is 2.25 bits per heavy atom. The van der Waals surface area contributed by atoms with Gasteiger partial charge in [-0.2, -0.15) is 0 Å². The Bertz CT molecular complexity index is 563. The lowest BCUT2D eigenvalue weighted by Crippen LogP contribution is -2.33. The van der Waals surface area contributed by atoms with Crippen molar-refractivity contribution >= 4 is 15.7 Å². The molecule has 1 aromatic carbocycles. The van der Waals surface area contributed by atoms with E-state index in [2.05, 4.69) is 25.5 Å². The summed E-state index contributed by atoms with van der Waals surface area (Å²) in [6.45, 7) is 12.5. The fraction of sp³-hybridized carbons (Fsp3) is 0.600. The Morgan fingerprint density at radius 1 is 1.25 bits per heavy atom. The first-order valence-corrected chi connectivity index (χ1v) is 8.30. The first kappa shape index (κ1) is 17.0. The summed E-state index contributed by atoms with van der Waals surface area (Å²) >= 11 is 0. The number of hydrogen-bond acceptors (Lipinski definition) is 3. The van der Waals surface area contributed by atoms with Gasteiger partial charge in [-0.05, 0) is 48.4 Å². The fourth-order valence-corrected chi connectivity index (χ4v) is 2.88. The van der Waals surface area contributed by atoms with E-state index in [0.29, 0.717) is 12.2 Å². The van der Waals surface area contributed by atoms with Crippen LogP contribution in [0, 0.1) is 25.2 Å².